The number of anilines is 2. The first-order valence-corrected chi connectivity index (χ1v) is 11.7. The fourth-order valence-corrected chi connectivity index (χ4v) is 5.09. The number of hydrogen-bond donors (Lipinski definition) is 3. The molecule has 2 heterocycles. The van der Waals surface area contributed by atoms with Crippen LogP contribution in [-0.2, 0) is 16.3 Å². The Morgan fingerprint density at radius 3 is 2.47 bits per heavy atom. The number of aryl methyl sites for hydroxylation is 1. The summed E-state index contributed by atoms with van der Waals surface area (Å²) in [4.78, 5) is 23.3. The minimum absolute atomic E-state index is 0.272. The van der Waals surface area contributed by atoms with Gasteiger partial charge < -0.3 is 15.5 Å². The van der Waals surface area contributed by atoms with Crippen molar-refractivity contribution in [1.82, 2.24) is 15.0 Å². The zero-order chi connectivity index (χ0) is 26.3. The summed E-state index contributed by atoms with van der Waals surface area (Å²) in [5, 5.41) is 23.4. The number of alkyl halides is 5. The first-order valence-electron chi connectivity index (χ1n) is 10.9. The number of carboxylic acids is 1. The maximum Gasteiger partial charge on any atom is 0.459 e. The van der Waals surface area contributed by atoms with E-state index in [2.05, 4.69) is 20.3 Å². The molecular weight excluding hydrogens is 507 g/mol. The first kappa shape index (κ1) is 25.9. The number of benzene rings is 1. The van der Waals surface area contributed by atoms with Gasteiger partial charge >= 0.3 is 18.1 Å². The molecule has 0 atom stereocenters. The molecule has 1 aliphatic rings. The summed E-state index contributed by atoms with van der Waals surface area (Å²) in [6.07, 6.45) is -2.19. The zero-order valence-electron chi connectivity index (χ0n) is 18.8. The molecule has 192 valence electrons. The normalized spacial score (nSPS) is 20.8. The van der Waals surface area contributed by atoms with Gasteiger partial charge in [-0.15, -0.1) is 11.3 Å². The van der Waals surface area contributed by atoms with Gasteiger partial charge in [0.25, 0.3) is 0 Å². The summed E-state index contributed by atoms with van der Waals surface area (Å²) in [7, 11) is 0. The topological polar surface area (TPSA) is 108 Å². The van der Waals surface area contributed by atoms with Crippen molar-refractivity contribution in [2.75, 3.05) is 5.32 Å². The van der Waals surface area contributed by atoms with Crippen LogP contribution >= 0.6 is 11.3 Å². The van der Waals surface area contributed by atoms with Gasteiger partial charge in [0.1, 0.15) is 16.3 Å². The lowest BCUT2D eigenvalue weighted by molar-refractivity contribution is -0.290. The number of nitrogens with one attached hydrogen (secondary N) is 1. The number of aliphatic carboxylic acids is 1. The van der Waals surface area contributed by atoms with E-state index in [1.807, 2.05) is 6.07 Å². The molecule has 1 aromatic carbocycles. The number of rotatable bonds is 6. The maximum absolute atomic E-state index is 13.7. The van der Waals surface area contributed by atoms with Crippen molar-refractivity contribution in [2.24, 2.45) is 5.92 Å². The minimum Gasteiger partial charge on any atom is -0.481 e. The van der Waals surface area contributed by atoms with Gasteiger partial charge in [-0.3, -0.25) is 4.79 Å². The second-order valence-corrected chi connectivity index (χ2v) is 9.75. The van der Waals surface area contributed by atoms with E-state index in [9.17, 15) is 37.0 Å². The molecule has 4 rings (SSSR count). The summed E-state index contributed by atoms with van der Waals surface area (Å²) in [6.45, 7) is 1.77. The SMILES string of the molecule is Cc1cc(Nc2nccc(C(F)(F)C(F)(F)F)n2)cc(-c2cnc([C@]3(O)CC[C@H](C(=O)O)CC3)s2)c1. The zero-order valence-corrected chi connectivity index (χ0v) is 19.6. The molecule has 0 radical (unpaired) electrons. The molecule has 0 amide bonds. The molecule has 0 bridgehead atoms. The van der Waals surface area contributed by atoms with Crippen LogP contribution in [-0.4, -0.2) is 37.3 Å². The highest BCUT2D eigenvalue weighted by Gasteiger charge is 2.60. The maximum atomic E-state index is 13.7. The summed E-state index contributed by atoms with van der Waals surface area (Å²) in [5.74, 6) is -6.93. The van der Waals surface area contributed by atoms with Gasteiger partial charge in [-0.05, 0) is 61.9 Å². The Balaban J connectivity index is 1.56. The minimum atomic E-state index is -5.80. The Morgan fingerprint density at radius 2 is 1.83 bits per heavy atom. The third-order valence-electron chi connectivity index (χ3n) is 6.02. The number of thiazole rings is 1. The Morgan fingerprint density at radius 1 is 1.14 bits per heavy atom. The van der Waals surface area contributed by atoms with Crippen molar-refractivity contribution < 1.29 is 37.0 Å². The molecule has 2 aromatic heterocycles. The van der Waals surface area contributed by atoms with Crippen molar-refractivity contribution in [3.63, 3.8) is 0 Å². The quantitative estimate of drug-likeness (QED) is 0.349. The van der Waals surface area contributed by atoms with E-state index in [1.165, 1.54) is 11.3 Å². The van der Waals surface area contributed by atoms with Crippen LogP contribution in [0.15, 0.2) is 36.7 Å². The van der Waals surface area contributed by atoms with Crippen LogP contribution in [0.1, 0.15) is 41.9 Å². The smallest absolute Gasteiger partial charge is 0.459 e. The van der Waals surface area contributed by atoms with Gasteiger partial charge in [-0.2, -0.15) is 22.0 Å². The van der Waals surface area contributed by atoms with E-state index >= 15 is 0 Å². The highest BCUT2D eigenvalue weighted by Crippen LogP contribution is 2.44. The lowest BCUT2D eigenvalue weighted by Crippen LogP contribution is -2.34. The Kier molecular flexibility index (Phi) is 6.73. The molecule has 3 N–H and O–H groups in total. The number of nitrogens with zero attached hydrogens (tertiary/aromatic N) is 3. The third kappa shape index (κ3) is 5.16. The summed E-state index contributed by atoms with van der Waals surface area (Å²) in [6, 6.07) is 5.61. The lowest BCUT2D eigenvalue weighted by Gasteiger charge is -2.32. The highest BCUT2D eigenvalue weighted by molar-refractivity contribution is 7.15. The van der Waals surface area contributed by atoms with Crippen molar-refractivity contribution >= 4 is 28.9 Å². The third-order valence-corrected chi connectivity index (χ3v) is 7.26. The Labute approximate surface area is 206 Å². The molecule has 3 aromatic rings. The number of hydrogen-bond acceptors (Lipinski definition) is 7. The second-order valence-electron chi connectivity index (χ2n) is 8.72. The van der Waals surface area contributed by atoms with Gasteiger partial charge in [0.15, 0.2) is 0 Å². The van der Waals surface area contributed by atoms with E-state index in [-0.39, 0.29) is 12.8 Å². The van der Waals surface area contributed by atoms with E-state index in [0.29, 0.717) is 40.0 Å². The lowest BCUT2D eigenvalue weighted by atomic mass is 9.79. The van der Waals surface area contributed by atoms with Gasteiger partial charge in [-0.1, -0.05) is 6.07 Å². The highest BCUT2D eigenvalue weighted by atomic mass is 32.1. The number of aliphatic hydroxyl groups is 1. The average Bonchev–Trinajstić information content (AvgIpc) is 3.30. The second kappa shape index (κ2) is 9.36. The largest absolute Gasteiger partial charge is 0.481 e. The molecule has 1 fully saturated rings. The van der Waals surface area contributed by atoms with E-state index in [1.54, 1.807) is 25.3 Å². The molecule has 0 aliphatic heterocycles. The predicted octanol–water partition coefficient (Wildman–Crippen LogP) is 5.77. The number of aromatic nitrogens is 3. The number of carbonyl (C=O) groups is 1. The van der Waals surface area contributed by atoms with Crippen molar-refractivity contribution in [1.29, 1.82) is 0 Å². The molecule has 13 heteroatoms. The summed E-state index contributed by atoms with van der Waals surface area (Å²) < 4.78 is 65.5. The molecule has 7 nitrogen and oxygen atoms in total. The molecule has 1 saturated carbocycles. The van der Waals surface area contributed by atoms with Gasteiger partial charge in [0.2, 0.25) is 5.95 Å². The Bertz CT molecular complexity index is 1270. The fourth-order valence-electron chi connectivity index (χ4n) is 4.04. The molecule has 36 heavy (non-hydrogen) atoms. The van der Waals surface area contributed by atoms with Crippen LogP contribution in [0.5, 0.6) is 0 Å². The van der Waals surface area contributed by atoms with Crippen LogP contribution in [0.2, 0.25) is 0 Å². The van der Waals surface area contributed by atoms with Gasteiger partial charge in [0.05, 0.1) is 10.8 Å². The Hall–Kier alpha value is -3.19. The summed E-state index contributed by atoms with van der Waals surface area (Å²) >= 11 is 1.24. The number of carboxylic acid groups (broad SMARTS) is 1. The molecule has 1 aliphatic carbocycles. The van der Waals surface area contributed by atoms with Crippen molar-refractivity contribution in [3.8, 4) is 10.4 Å². The van der Waals surface area contributed by atoms with Crippen LogP contribution in [0.4, 0.5) is 33.6 Å². The van der Waals surface area contributed by atoms with Crippen LogP contribution in [0, 0.1) is 12.8 Å². The predicted molar refractivity (Wildman–Crippen MR) is 121 cm³/mol. The number of halogens is 5. The fraction of sp³-hybridized carbons (Fsp3) is 0.391. The average molecular weight is 529 g/mol. The summed E-state index contributed by atoms with van der Waals surface area (Å²) in [5.41, 5.74) is -0.924. The van der Waals surface area contributed by atoms with Gasteiger partial charge in [-0.25, -0.2) is 15.0 Å². The van der Waals surface area contributed by atoms with Gasteiger partial charge in [0, 0.05) is 18.1 Å². The van der Waals surface area contributed by atoms with E-state index in [4.69, 9.17) is 0 Å². The van der Waals surface area contributed by atoms with E-state index < -0.39 is 41.2 Å². The standard InChI is InChI=1S/C23H21F5N4O3S/c1-12-8-14(16-11-30-19(36-16)21(35)5-2-13(3-6-21)18(33)34)10-15(9-12)31-20-29-7-4-17(32-20)22(24,25)23(26,27)28/h4,7-11,13,35H,2-3,5-6H2,1H3,(H,33,34)(H,29,31,32)/t13-,21-. The van der Waals surface area contributed by atoms with Crippen LogP contribution in [0.25, 0.3) is 10.4 Å². The molecule has 0 unspecified atom stereocenters. The molecular formula is C23H21F5N4O3S. The first-order chi connectivity index (χ1) is 16.8. The van der Waals surface area contributed by atoms with Crippen LogP contribution in [0.3, 0.4) is 0 Å². The molecule has 0 spiro atoms. The van der Waals surface area contributed by atoms with E-state index in [0.717, 1.165) is 11.8 Å². The monoisotopic (exact) mass is 528 g/mol. The molecule has 0 saturated heterocycles. The van der Waals surface area contributed by atoms with Crippen LogP contribution < -0.4 is 5.32 Å². The van der Waals surface area contributed by atoms with Crippen molar-refractivity contribution in [3.05, 3.63) is 52.9 Å². The van der Waals surface area contributed by atoms with Crippen molar-refractivity contribution in [2.45, 2.75) is 50.3 Å².